The average Bonchev–Trinajstić information content (AvgIpc) is 3.18. The Labute approximate surface area is 166 Å². The molecule has 1 aliphatic carbocycles. The summed E-state index contributed by atoms with van der Waals surface area (Å²) in [6.07, 6.45) is 5.01. The van der Waals surface area contributed by atoms with Crippen LogP contribution in [-0.2, 0) is 17.9 Å². The fraction of sp³-hybridized carbons (Fsp3) is 0.478. The maximum Gasteiger partial charge on any atom is 0.269 e. The van der Waals surface area contributed by atoms with Crippen molar-refractivity contribution in [3.63, 3.8) is 0 Å². The fourth-order valence-corrected chi connectivity index (χ4v) is 4.34. The number of non-ortho nitro benzene ring substituents is 1. The molecule has 0 unspecified atom stereocenters. The van der Waals surface area contributed by atoms with Gasteiger partial charge in [0.15, 0.2) is 0 Å². The SMILES string of the molecule is O=[N+]([O-])c1cccc(COCC2CC(c3ccc(CN4CCCC4)cc3)C2)c1. The third kappa shape index (κ3) is 4.78. The molecule has 2 aromatic rings. The molecule has 1 heterocycles. The van der Waals surface area contributed by atoms with Gasteiger partial charge in [0.1, 0.15) is 0 Å². The molecule has 0 bridgehead atoms. The fourth-order valence-electron chi connectivity index (χ4n) is 4.34. The highest BCUT2D eigenvalue weighted by molar-refractivity contribution is 5.33. The summed E-state index contributed by atoms with van der Waals surface area (Å²) in [5.74, 6) is 1.24. The number of nitro groups is 1. The number of likely N-dealkylation sites (tertiary alicyclic amines) is 1. The monoisotopic (exact) mass is 380 g/mol. The van der Waals surface area contributed by atoms with Crippen LogP contribution in [0, 0.1) is 16.0 Å². The van der Waals surface area contributed by atoms with Gasteiger partial charge in [0.25, 0.3) is 5.69 Å². The van der Waals surface area contributed by atoms with Crippen LogP contribution in [0.25, 0.3) is 0 Å². The van der Waals surface area contributed by atoms with Crippen molar-refractivity contribution in [1.29, 1.82) is 0 Å². The van der Waals surface area contributed by atoms with Crippen LogP contribution < -0.4 is 0 Å². The van der Waals surface area contributed by atoms with Gasteiger partial charge < -0.3 is 4.74 Å². The van der Waals surface area contributed by atoms with E-state index in [0.717, 1.165) is 18.7 Å². The molecule has 2 fully saturated rings. The molecule has 1 aliphatic heterocycles. The molecule has 28 heavy (non-hydrogen) atoms. The molecular formula is C23H28N2O3. The molecule has 0 N–H and O–H groups in total. The molecular weight excluding hydrogens is 352 g/mol. The summed E-state index contributed by atoms with van der Waals surface area (Å²) in [7, 11) is 0. The second-order valence-corrected chi connectivity index (χ2v) is 8.20. The van der Waals surface area contributed by atoms with Crippen molar-refractivity contribution in [1.82, 2.24) is 4.90 Å². The summed E-state index contributed by atoms with van der Waals surface area (Å²) in [4.78, 5) is 13.0. The molecule has 0 atom stereocenters. The molecule has 2 aromatic carbocycles. The van der Waals surface area contributed by atoms with Gasteiger partial charge >= 0.3 is 0 Å². The van der Waals surface area contributed by atoms with Gasteiger partial charge in [-0.25, -0.2) is 0 Å². The lowest BCUT2D eigenvalue weighted by Gasteiger charge is -2.35. The highest BCUT2D eigenvalue weighted by Gasteiger charge is 2.30. The number of hydrogen-bond acceptors (Lipinski definition) is 4. The van der Waals surface area contributed by atoms with Crippen molar-refractivity contribution in [2.75, 3.05) is 19.7 Å². The highest BCUT2D eigenvalue weighted by atomic mass is 16.6. The van der Waals surface area contributed by atoms with E-state index in [-0.39, 0.29) is 10.6 Å². The standard InChI is InChI=1S/C23H28N2O3/c26-25(27)23-5-3-4-19(14-23)16-28-17-20-12-22(13-20)21-8-6-18(7-9-21)15-24-10-1-2-11-24/h3-9,14,20,22H,1-2,10-13,15-17H2. The number of ether oxygens (including phenoxy) is 1. The molecule has 4 rings (SSSR count). The molecule has 5 heteroatoms. The van der Waals surface area contributed by atoms with Crippen LogP contribution in [0.15, 0.2) is 48.5 Å². The zero-order valence-electron chi connectivity index (χ0n) is 16.3. The second kappa shape index (κ2) is 8.84. The Balaban J connectivity index is 1.18. The van der Waals surface area contributed by atoms with Gasteiger partial charge in [0.2, 0.25) is 0 Å². The van der Waals surface area contributed by atoms with Crippen LogP contribution in [0.2, 0.25) is 0 Å². The summed E-state index contributed by atoms with van der Waals surface area (Å²) >= 11 is 0. The first-order valence-corrected chi connectivity index (χ1v) is 10.3. The Bertz CT molecular complexity index is 794. The van der Waals surface area contributed by atoms with E-state index in [9.17, 15) is 10.1 Å². The quantitative estimate of drug-likeness (QED) is 0.483. The molecule has 148 valence electrons. The van der Waals surface area contributed by atoms with E-state index in [1.165, 1.54) is 56.0 Å². The predicted octanol–water partition coefficient (Wildman–Crippen LogP) is 4.90. The van der Waals surface area contributed by atoms with Gasteiger partial charge in [-0.2, -0.15) is 0 Å². The van der Waals surface area contributed by atoms with E-state index in [4.69, 9.17) is 4.74 Å². The third-order valence-electron chi connectivity index (χ3n) is 6.04. The Morgan fingerprint density at radius 1 is 1.04 bits per heavy atom. The largest absolute Gasteiger partial charge is 0.376 e. The maximum atomic E-state index is 10.8. The van der Waals surface area contributed by atoms with Crippen molar-refractivity contribution in [2.45, 2.75) is 44.8 Å². The normalized spacial score (nSPS) is 22.1. The van der Waals surface area contributed by atoms with E-state index in [2.05, 4.69) is 29.2 Å². The van der Waals surface area contributed by atoms with Crippen molar-refractivity contribution < 1.29 is 9.66 Å². The average molecular weight is 380 g/mol. The Kier molecular flexibility index (Phi) is 6.03. The minimum absolute atomic E-state index is 0.123. The molecule has 0 radical (unpaired) electrons. The van der Waals surface area contributed by atoms with Crippen LogP contribution in [0.1, 0.15) is 48.3 Å². The van der Waals surface area contributed by atoms with Crippen LogP contribution in [-0.4, -0.2) is 29.5 Å². The van der Waals surface area contributed by atoms with E-state index < -0.39 is 0 Å². The smallest absolute Gasteiger partial charge is 0.269 e. The van der Waals surface area contributed by atoms with Crippen molar-refractivity contribution >= 4 is 5.69 Å². The van der Waals surface area contributed by atoms with Gasteiger partial charge in [-0.1, -0.05) is 36.4 Å². The number of nitro benzene ring substituents is 1. The van der Waals surface area contributed by atoms with Gasteiger partial charge in [-0.05, 0) is 67.3 Å². The molecule has 0 aromatic heterocycles. The lowest BCUT2D eigenvalue weighted by atomic mass is 9.72. The van der Waals surface area contributed by atoms with Crippen LogP contribution in [0.5, 0.6) is 0 Å². The lowest BCUT2D eigenvalue weighted by molar-refractivity contribution is -0.384. The molecule has 5 nitrogen and oxygen atoms in total. The number of rotatable bonds is 8. The summed E-state index contributed by atoms with van der Waals surface area (Å²) in [6, 6.07) is 15.9. The summed E-state index contributed by atoms with van der Waals surface area (Å²) < 4.78 is 5.81. The van der Waals surface area contributed by atoms with Crippen molar-refractivity contribution in [3.05, 3.63) is 75.3 Å². The minimum atomic E-state index is -0.365. The topological polar surface area (TPSA) is 55.6 Å². The summed E-state index contributed by atoms with van der Waals surface area (Å²) in [5, 5.41) is 10.8. The van der Waals surface area contributed by atoms with Gasteiger partial charge in [-0.15, -0.1) is 0 Å². The number of hydrogen-bond donors (Lipinski definition) is 0. The summed E-state index contributed by atoms with van der Waals surface area (Å²) in [6.45, 7) is 4.73. The van der Waals surface area contributed by atoms with E-state index in [0.29, 0.717) is 18.4 Å². The zero-order valence-corrected chi connectivity index (χ0v) is 16.3. The van der Waals surface area contributed by atoms with Crippen LogP contribution in [0.3, 0.4) is 0 Å². The Morgan fingerprint density at radius 3 is 2.50 bits per heavy atom. The minimum Gasteiger partial charge on any atom is -0.376 e. The Hall–Kier alpha value is -2.24. The summed E-state index contributed by atoms with van der Waals surface area (Å²) in [5.41, 5.74) is 3.85. The Morgan fingerprint density at radius 2 is 1.79 bits per heavy atom. The first-order valence-electron chi connectivity index (χ1n) is 10.3. The molecule has 1 saturated heterocycles. The third-order valence-corrected chi connectivity index (χ3v) is 6.04. The van der Waals surface area contributed by atoms with E-state index >= 15 is 0 Å². The van der Waals surface area contributed by atoms with Crippen LogP contribution >= 0.6 is 0 Å². The lowest BCUT2D eigenvalue weighted by Crippen LogP contribution is -2.26. The first-order chi connectivity index (χ1) is 13.7. The first kappa shape index (κ1) is 19.1. The predicted molar refractivity (Wildman–Crippen MR) is 109 cm³/mol. The van der Waals surface area contributed by atoms with E-state index in [1.54, 1.807) is 12.1 Å². The van der Waals surface area contributed by atoms with Crippen molar-refractivity contribution in [3.8, 4) is 0 Å². The molecule has 1 saturated carbocycles. The van der Waals surface area contributed by atoms with E-state index in [1.807, 2.05) is 6.07 Å². The second-order valence-electron chi connectivity index (χ2n) is 8.20. The molecule has 0 amide bonds. The number of nitrogens with zero attached hydrogens (tertiary/aromatic N) is 2. The zero-order chi connectivity index (χ0) is 19.3. The molecule has 0 spiro atoms. The van der Waals surface area contributed by atoms with Crippen LogP contribution in [0.4, 0.5) is 5.69 Å². The van der Waals surface area contributed by atoms with Gasteiger partial charge in [0.05, 0.1) is 11.5 Å². The number of benzene rings is 2. The van der Waals surface area contributed by atoms with Gasteiger partial charge in [0, 0.05) is 25.3 Å². The maximum absolute atomic E-state index is 10.8. The van der Waals surface area contributed by atoms with Crippen molar-refractivity contribution in [2.24, 2.45) is 5.92 Å². The highest BCUT2D eigenvalue weighted by Crippen LogP contribution is 2.41. The van der Waals surface area contributed by atoms with Gasteiger partial charge in [-0.3, -0.25) is 15.0 Å². The molecule has 2 aliphatic rings.